The van der Waals surface area contributed by atoms with Crippen LogP contribution in [0.15, 0.2) is 54.6 Å². The first-order valence-corrected chi connectivity index (χ1v) is 16.9. The van der Waals surface area contributed by atoms with Gasteiger partial charge >= 0.3 is 0 Å². The van der Waals surface area contributed by atoms with E-state index in [2.05, 4.69) is 5.32 Å². The van der Waals surface area contributed by atoms with Crippen molar-refractivity contribution in [1.82, 2.24) is 20.2 Å². The predicted octanol–water partition coefficient (Wildman–Crippen LogP) is 5.08. The van der Waals surface area contributed by atoms with E-state index in [4.69, 9.17) is 9.57 Å². The Morgan fingerprint density at radius 3 is 2.17 bits per heavy atom. The van der Waals surface area contributed by atoms with Crippen molar-refractivity contribution >= 4 is 24.1 Å². The highest BCUT2D eigenvalue weighted by atomic mass is 16.7. The highest BCUT2D eigenvalue weighted by Gasteiger charge is 2.39. The van der Waals surface area contributed by atoms with E-state index in [1.165, 1.54) is 9.96 Å². The second-order valence-electron chi connectivity index (χ2n) is 14.2. The molecule has 2 atom stereocenters. The molecule has 10 nitrogen and oxygen atoms in total. The van der Waals surface area contributed by atoms with Crippen molar-refractivity contribution in [2.45, 2.75) is 84.5 Å². The van der Waals surface area contributed by atoms with Crippen LogP contribution in [0.2, 0.25) is 0 Å². The van der Waals surface area contributed by atoms with Gasteiger partial charge in [0.2, 0.25) is 18.2 Å². The van der Waals surface area contributed by atoms with Gasteiger partial charge in [0.1, 0.15) is 24.5 Å². The van der Waals surface area contributed by atoms with Crippen molar-refractivity contribution in [2.24, 2.45) is 17.3 Å². The second-order valence-corrected chi connectivity index (χ2v) is 14.2. The smallest absolute Gasteiger partial charge is 0.253 e. The Bertz CT molecular complexity index is 1310. The van der Waals surface area contributed by atoms with E-state index in [1.807, 2.05) is 56.0 Å². The van der Waals surface area contributed by atoms with Gasteiger partial charge in [-0.2, -0.15) is 0 Å². The Kier molecular flexibility index (Phi) is 12.8. The molecule has 0 aromatic heterocycles. The summed E-state index contributed by atoms with van der Waals surface area (Å²) in [4.78, 5) is 61.2. The number of carbonyl (C=O) groups excluding carboxylic acids is 4. The Hall–Kier alpha value is -3.92. The lowest BCUT2D eigenvalue weighted by Crippen LogP contribution is -2.58. The third kappa shape index (κ3) is 10.5. The van der Waals surface area contributed by atoms with Gasteiger partial charge in [0.05, 0.1) is 12.5 Å². The zero-order chi connectivity index (χ0) is 34.0. The molecule has 1 aliphatic carbocycles. The van der Waals surface area contributed by atoms with Gasteiger partial charge in [-0.3, -0.25) is 24.0 Å². The number of amides is 4. The minimum absolute atomic E-state index is 0.0573. The number of likely N-dealkylation sites (tertiary alicyclic amines) is 1. The maximum Gasteiger partial charge on any atom is 0.253 e. The van der Waals surface area contributed by atoms with Gasteiger partial charge in [0, 0.05) is 45.6 Å². The van der Waals surface area contributed by atoms with Crippen LogP contribution >= 0.6 is 0 Å². The predicted molar refractivity (Wildman–Crippen MR) is 180 cm³/mol. The summed E-state index contributed by atoms with van der Waals surface area (Å²) in [5.41, 5.74) is 0.998. The molecule has 10 heteroatoms. The number of rotatable bonds is 14. The SMILES string of the molecule is CN(C)C(=O)c1ccc(OC2CCN(C(=O)[C@@H](NC(=O)[C@H](CC3CCCC3)CN(C=O)OCc3ccccc3)C(C)(C)C)CC2)cc1. The first-order valence-electron chi connectivity index (χ1n) is 16.9. The first kappa shape index (κ1) is 35.9. The van der Waals surface area contributed by atoms with Gasteiger partial charge in [-0.1, -0.05) is 76.8 Å². The molecule has 1 saturated heterocycles. The third-order valence-corrected chi connectivity index (χ3v) is 9.18. The molecule has 0 radical (unpaired) electrons. The molecule has 47 heavy (non-hydrogen) atoms. The average molecular weight is 649 g/mol. The summed E-state index contributed by atoms with van der Waals surface area (Å²) in [6.45, 7) is 7.26. The van der Waals surface area contributed by atoms with Gasteiger partial charge in [0.25, 0.3) is 5.91 Å². The fraction of sp³-hybridized carbons (Fsp3) is 0.568. The number of nitrogens with one attached hydrogen (secondary N) is 1. The van der Waals surface area contributed by atoms with E-state index >= 15 is 0 Å². The lowest BCUT2D eigenvalue weighted by atomic mass is 9.84. The van der Waals surface area contributed by atoms with Crippen LogP contribution in [0.1, 0.15) is 81.6 Å². The zero-order valence-corrected chi connectivity index (χ0v) is 28.7. The van der Waals surface area contributed by atoms with Crippen LogP contribution in [0.5, 0.6) is 5.75 Å². The van der Waals surface area contributed by atoms with Crippen LogP contribution in [0, 0.1) is 17.3 Å². The summed E-state index contributed by atoms with van der Waals surface area (Å²) in [6, 6.07) is 16.0. The van der Waals surface area contributed by atoms with Crippen molar-refractivity contribution in [3.05, 3.63) is 65.7 Å². The first-order chi connectivity index (χ1) is 22.4. The van der Waals surface area contributed by atoms with E-state index in [-0.39, 0.29) is 37.0 Å². The van der Waals surface area contributed by atoms with Crippen molar-refractivity contribution in [3.8, 4) is 5.75 Å². The van der Waals surface area contributed by atoms with Crippen LogP contribution in [0.4, 0.5) is 0 Å². The second kappa shape index (κ2) is 16.8. The van der Waals surface area contributed by atoms with Crippen LogP contribution in [-0.4, -0.2) is 84.9 Å². The standard InChI is InChI=1S/C37H52N4O6/c1-37(2,3)33(36(45)40-21-19-32(20-22-40)47-31-17-15-29(16-18-31)35(44)39(4)5)38-34(43)30(23-27-11-9-10-12-27)24-41(26-42)46-25-28-13-7-6-8-14-28/h6-8,13-18,26-27,30,32-33H,9-12,19-25H2,1-5H3,(H,38,43)/t30-,33-/m1/s1. The number of hydroxylamine groups is 2. The molecule has 1 N–H and O–H groups in total. The highest BCUT2D eigenvalue weighted by Crippen LogP contribution is 2.32. The van der Waals surface area contributed by atoms with E-state index in [0.717, 1.165) is 31.2 Å². The minimum Gasteiger partial charge on any atom is -0.490 e. The Morgan fingerprint density at radius 2 is 1.60 bits per heavy atom. The molecule has 2 aromatic rings. The highest BCUT2D eigenvalue weighted by molar-refractivity contribution is 5.94. The lowest BCUT2D eigenvalue weighted by molar-refractivity contribution is -0.182. The quantitative estimate of drug-likeness (QED) is 0.226. The van der Waals surface area contributed by atoms with Crippen molar-refractivity contribution in [1.29, 1.82) is 0 Å². The number of hydrogen-bond acceptors (Lipinski definition) is 6. The fourth-order valence-electron chi connectivity index (χ4n) is 6.40. The number of piperidine rings is 1. The lowest BCUT2D eigenvalue weighted by Gasteiger charge is -2.39. The number of ether oxygens (including phenoxy) is 1. The number of hydrogen-bond donors (Lipinski definition) is 1. The molecule has 1 aliphatic heterocycles. The summed E-state index contributed by atoms with van der Waals surface area (Å²) in [7, 11) is 3.44. The van der Waals surface area contributed by atoms with E-state index in [0.29, 0.717) is 56.0 Å². The monoisotopic (exact) mass is 648 g/mol. The maximum absolute atomic E-state index is 13.9. The normalized spacial score (nSPS) is 17.1. The molecular formula is C37H52N4O6. The van der Waals surface area contributed by atoms with Crippen LogP contribution in [0.3, 0.4) is 0 Å². The van der Waals surface area contributed by atoms with Crippen LogP contribution in [0.25, 0.3) is 0 Å². The summed E-state index contributed by atoms with van der Waals surface area (Å²) >= 11 is 0. The molecule has 0 bridgehead atoms. The Labute approximate surface area is 279 Å². The van der Waals surface area contributed by atoms with Gasteiger partial charge in [-0.25, -0.2) is 5.06 Å². The van der Waals surface area contributed by atoms with E-state index in [9.17, 15) is 19.2 Å². The summed E-state index contributed by atoms with van der Waals surface area (Å²) in [5.74, 6) is 0.190. The van der Waals surface area contributed by atoms with Crippen molar-refractivity contribution in [3.63, 3.8) is 0 Å². The average Bonchev–Trinajstić information content (AvgIpc) is 3.58. The molecule has 0 spiro atoms. The van der Waals surface area contributed by atoms with Gasteiger partial charge in [-0.15, -0.1) is 0 Å². The Balaban J connectivity index is 1.36. The summed E-state index contributed by atoms with van der Waals surface area (Å²) < 4.78 is 6.18. The largest absolute Gasteiger partial charge is 0.490 e. The van der Waals surface area contributed by atoms with Gasteiger partial charge in [-0.05, 0) is 47.6 Å². The summed E-state index contributed by atoms with van der Waals surface area (Å²) in [6.07, 6.45) is 6.95. The van der Waals surface area contributed by atoms with Crippen LogP contribution in [-0.2, 0) is 25.8 Å². The topological polar surface area (TPSA) is 108 Å². The molecule has 0 unspecified atom stereocenters. The zero-order valence-electron chi connectivity index (χ0n) is 28.7. The Morgan fingerprint density at radius 1 is 0.957 bits per heavy atom. The molecule has 256 valence electrons. The van der Waals surface area contributed by atoms with Crippen LogP contribution < -0.4 is 10.1 Å². The number of benzene rings is 2. The minimum atomic E-state index is -0.727. The van der Waals surface area contributed by atoms with E-state index in [1.54, 1.807) is 38.4 Å². The number of nitrogens with zero attached hydrogens (tertiary/aromatic N) is 3. The van der Waals surface area contributed by atoms with Gasteiger partial charge < -0.3 is 19.9 Å². The van der Waals surface area contributed by atoms with Crippen molar-refractivity contribution in [2.75, 3.05) is 33.7 Å². The maximum atomic E-state index is 13.9. The fourth-order valence-corrected chi connectivity index (χ4v) is 6.40. The summed E-state index contributed by atoms with van der Waals surface area (Å²) in [5, 5.41) is 4.33. The molecule has 2 aromatic carbocycles. The molecule has 4 rings (SSSR count). The van der Waals surface area contributed by atoms with E-state index < -0.39 is 17.4 Å². The molecule has 2 fully saturated rings. The van der Waals surface area contributed by atoms with Gasteiger partial charge in [0.15, 0.2) is 0 Å². The molecule has 1 heterocycles. The molecular weight excluding hydrogens is 596 g/mol. The molecule has 4 amide bonds. The third-order valence-electron chi connectivity index (χ3n) is 9.18. The number of carbonyl (C=O) groups is 4. The van der Waals surface area contributed by atoms with Crippen molar-refractivity contribution < 1.29 is 28.8 Å². The molecule has 2 aliphatic rings. The molecule has 1 saturated carbocycles.